The molecule has 1 aromatic heterocycles. The van der Waals surface area contributed by atoms with Crippen molar-refractivity contribution in [2.24, 2.45) is 5.10 Å². The number of ether oxygens (including phenoxy) is 1. The number of halogens is 1. The lowest BCUT2D eigenvalue weighted by molar-refractivity contribution is 0.0697. The number of aromatic carboxylic acids is 1. The summed E-state index contributed by atoms with van der Waals surface area (Å²) in [5, 5.41) is 15.2. The lowest BCUT2D eigenvalue weighted by Crippen LogP contribution is -2.18. The van der Waals surface area contributed by atoms with Gasteiger partial charge in [-0.3, -0.25) is 4.79 Å². The zero-order valence-corrected chi connectivity index (χ0v) is 17.6. The number of nitrogens with one attached hydrogen (secondary N) is 1. The molecule has 4 rings (SSSR count). The van der Waals surface area contributed by atoms with Crippen LogP contribution in [0, 0.1) is 0 Å². The standard InChI is InChI=1S/C24H17ClN2O5/c1-31-22-12-15-5-3-2-4-14(15)10-19(22)23(28)27-26-13-17-7-9-21(32-17)16-6-8-20(25)18(11-16)24(29)30/h2-13H,1H3,(H,27,28)(H,29,30)/b26-13+. The van der Waals surface area contributed by atoms with E-state index in [1.165, 1.54) is 25.5 Å². The van der Waals surface area contributed by atoms with Crippen molar-refractivity contribution in [1.82, 2.24) is 5.43 Å². The predicted molar refractivity (Wildman–Crippen MR) is 122 cm³/mol. The molecule has 0 saturated heterocycles. The number of fused-ring (bicyclic) bond motifs is 1. The van der Waals surface area contributed by atoms with Gasteiger partial charge >= 0.3 is 5.97 Å². The monoisotopic (exact) mass is 448 g/mol. The highest BCUT2D eigenvalue weighted by atomic mass is 35.5. The third-order valence-electron chi connectivity index (χ3n) is 4.78. The minimum Gasteiger partial charge on any atom is -0.496 e. The number of furan rings is 1. The van der Waals surface area contributed by atoms with E-state index in [9.17, 15) is 14.7 Å². The van der Waals surface area contributed by atoms with E-state index in [-0.39, 0.29) is 10.6 Å². The van der Waals surface area contributed by atoms with Crippen molar-refractivity contribution in [2.75, 3.05) is 7.11 Å². The molecule has 0 radical (unpaired) electrons. The van der Waals surface area contributed by atoms with Gasteiger partial charge in [0.05, 0.1) is 29.5 Å². The van der Waals surface area contributed by atoms with Gasteiger partial charge in [-0.15, -0.1) is 0 Å². The second-order valence-corrected chi connectivity index (χ2v) is 7.21. The molecule has 160 valence electrons. The van der Waals surface area contributed by atoms with Crippen molar-refractivity contribution >= 4 is 40.5 Å². The Hall–Kier alpha value is -4.10. The first-order chi connectivity index (χ1) is 15.5. The summed E-state index contributed by atoms with van der Waals surface area (Å²) >= 11 is 5.90. The van der Waals surface area contributed by atoms with Crippen LogP contribution in [0.3, 0.4) is 0 Å². The highest BCUT2D eigenvalue weighted by Gasteiger charge is 2.14. The Bertz CT molecular complexity index is 1360. The second kappa shape index (κ2) is 8.95. The van der Waals surface area contributed by atoms with Crippen molar-refractivity contribution in [3.63, 3.8) is 0 Å². The molecule has 2 N–H and O–H groups in total. The number of carboxylic acids is 1. The number of methoxy groups -OCH3 is 1. The number of hydrogen-bond donors (Lipinski definition) is 2. The highest BCUT2D eigenvalue weighted by Crippen LogP contribution is 2.27. The number of benzene rings is 3. The summed E-state index contributed by atoms with van der Waals surface area (Å²) < 4.78 is 11.0. The molecule has 0 aliphatic heterocycles. The van der Waals surface area contributed by atoms with E-state index in [0.717, 1.165) is 10.8 Å². The van der Waals surface area contributed by atoms with Gasteiger partial charge in [-0.2, -0.15) is 5.10 Å². The Balaban J connectivity index is 1.50. The topological polar surface area (TPSA) is 101 Å². The van der Waals surface area contributed by atoms with Crippen LogP contribution < -0.4 is 10.2 Å². The number of carbonyl (C=O) groups excluding carboxylic acids is 1. The van der Waals surface area contributed by atoms with Crippen LogP contribution in [0.4, 0.5) is 0 Å². The summed E-state index contributed by atoms with van der Waals surface area (Å²) in [7, 11) is 1.50. The van der Waals surface area contributed by atoms with Gasteiger partial charge in [0.2, 0.25) is 0 Å². The molecular weight excluding hydrogens is 432 g/mol. The molecule has 8 heteroatoms. The van der Waals surface area contributed by atoms with Crippen molar-refractivity contribution in [3.05, 3.63) is 88.6 Å². The summed E-state index contributed by atoms with van der Waals surface area (Å²) in [5.74, 6) is -0.309. The third kappa shape index (κ3) is 4.33. The Morgan fingerprint density at radius 3 is 2.50 bits per heavy atom. The summed E-state index contributed by atoms with van der Waals surface area (Å²) in [4.78, 5) is 23.9. The van der Waals surface area contributed by atoms with Crippen molar-refractivity contribution < 1.29 is 23.8 Å². The largest absolute Gasteiger partial charge is 0.496 e. The van der Waals surface area contributed by atoms with Crippen LogP contribution in [0.5, 0.6) is 5.75 Å². The molecule has 1 amide bonds. The number of nitrogens with zero attached hydrogens (tertiary/aromatic N) is 1. The molecule has 0 unspecified atom stereocenters. The molecule has 4 aromatic rings. The molecule has 0 aliphatic rings. The van der Waals surface area contributed by atoms with Gasteiger partial charge in [-0.1, -0.05) is 35.9 Å². The number of amides is 1. The van der Waals surface area contributed by atoms with Gasteiger partial charge < -0.3 is 14.3 Å². The van der Waals surface area contributed by atoms with Gasteiger partial charge in [0.25, 0.3) is 5.91 Å². The molecule has 0 fully saturated rings. The Kier molecular flexibility index (Phi) is 5.91. The van der Waals surface area contributed by atoms with Crippen molar-refractivity contribution in [2.45, 2.75) is 0 Å². The molecule has 0 bridgehead atoms. The van der Waals surface area contributed by atoms with Gasteiger partial charge in [0, 0.05) is 5.56 Å². The lowest BCUT2D eigenvalue weighted by Gasteiger charge is -2.09. The first kappa shape index (κ1) is 21.1. The van der Waals surface area contributed by atoms with E-state index in [1.807, 2.05) is 24.3 Å². The quantitative estimate of drug-likeness (QED) is 0.311. The molecule has 7 nitrogen and oxygen atoms in total. The van der Waals surface area contributed by atoms with E-state index in [2.05, 4.69) is 10.5 Å². The molecule has 0 atom stereocenters. The lowest BCUT2D eigenvalue weighted by atomic mass is 10.1. The van der Waals surface area contributed by atoms with E-state index in [1.54, 1.807) is 30.3 Å². The molecule has 1 heterocycles. The van der Waals surface area contributed by atoms with Crippen LogP contribution in [0.2, 0.25) is 5.02 Å². The van der Waals surface area contributed by atoms with Crippen LogP contribution in [0.25, 0.3) is 22.1 Å². The molecule has 3 aromatic carbocycles. The number of carbonyl (C=O) groups is 2. The van der Waals surface area contributed by atoms with Crippen molar-refractivity contribution in [1.29, 1.82) is 0 Å². The maximum absolute atomic E-state index is 12.6. The molecule has 0 saturated carbocycles. The fourth-order valence-electron chi connectivity index (χ4n) is 3.20. The zero-order valence-electron chi connectivity index (χ0n) is 16.8. The number of hydrazone groups is 1. The first-order valence-corrected chi connectivity index (χ1v) is 9.87. The van der Waals surface area contributed by atoms with Gasteiger partial charge in [-0.25, -0.2) is 10.2 Å². The van der Waals surface area contributed by atoms with Crippen LogP contribution >= 0.6 is 11.6 Å². The molecule has 32 heavy (non-hydrogen) atoms. The Labute approximate surface area is 187 Å². The van der Waals surface area contributed by atoms with Crippen LogP contribution in [0.1, 0.15) is 26.5 Å². The number of hydrogen-bond acceptors (Lipinski definition) is 5. The summed E-state index contributed by atoms with van der Waals surface area (Å²) in [6.45, 7) is 0. The first-order valence-electron chi connectivity index (χ1n) is 9.49. The van der Waals surface area contributed by atoms with Crippen LogP contribution in [-0.2, 0) is 0 Å². The number of rotatable bonds is 6. The number of carboxylic acid groups (broad SMARTS) is 1. The fourth-order valence-corrected chi connectivity index (χ4v) is 3.40. The van der Waals surface area contributed by atoms with Crippen LogP contribution in [-0.4, -0.2) is 30.3 Å². The highest BCUT2D eigenvalue weighted by molar-refractivity contribution is 6.33. The average Bonchev–Trinajstić information content (AvgIpc) is 3.27. The van der Waals surface area contributed by atoms with Crippen molar-refractivity contribution in [3.8, 4) is 17.1 Å². The SMILES string of the molecule is COc1cc2ccccc2cc1C(=O)N/N=C/c1ccc(-c2ccc(Cl)c(C(=O)O)c2)o1. The Morgan fingerprint density at radius 2 is 1.78 bits per heavy atom. The zero-order chi connectivity index (χ0) is 22.7. The third-order valence-corrected chi connectivity index (χ3v) is 5.11. The average molecular weight is 449 g/mol. The van der Waals surface area contributed by atoms with Crippen LogP contribution in [0.15, 0.2) is 76.2 Å². The second-order valence-electron chi connectivity index (χ2n) is 6.80. The van der Waals surface area contributed by atoms with Gasteiger partial charge in [-0.05, 0) is 53.2 Å². The van der Waals surface area contributed by atoms with Gasteiger partial charge in [0.15, 0.2) is 0 Å². The minimum absolute atomic E-state index is 0.0209. The summed E-state index contributed by atoms with van der Waals surface area (Å²) in [6, 6.07) is 19.1. The maximum Gasteiger partial charge on any atom is 0.337 e. The Morgan fingerprint density at radius 1 is 1.03 bits per heavy atom. The van der Waals surface area contributed by atoms with E-state index < -0.39 is 11.9 Å². The summed E-state index contributed by atoms with van der Waals surface area (Å²) in [6.07, 6.45) is 1.35. The summed E-state index contributed by atoms with van der Waals surface area (Å²) in [5.41, 5.74) is 3.35. The fraction of sp³-hybridized carbons (Fsp3) is 0.0417. The normalized spacial score (nSPS) is 11.1. The molecule has 0 aliphatic carbocycles. The van der Waals surface area contributed by atoms with Gasteiger partial charge in [0.1, 0.15) is 17.3 Å². The smallest absolute Gasteiger partial charge is 0.337 e. The maximum atomic E-state index is 12.6. The van der Waals surface area contributed by atoms with E-state index in [4.69, 9.17) is 20.8 Å². The molecular formula is C24H17ClN2O5. The van der Waals surface area contributed by atoms with E-state index >= 15 is 0 Å². The predicted octanol–water partition coefficient (Wildman–Crippen LogP) is 5.22. The minimum atomic E-state index is -1.13. The molecule has 0 spiro atoms. The van der Waals surface area contributed by atoms with E-state index in [0.29, 0.717) is 28.4 Å².